The molecule has 0 bridgehead atoms. The molecule has 1 saturated heterocycles. The highest BCUT2D eigenvalue weighted by atomic mass is 35.5. The number of halogens is 1. The molecule has 0 saturated carbocycles. The normalized spacial score (nSPS) is 18.8. The van der Waals surface area contributed by atoms with Crippen LogP contribution in [0.2, 0.25) is 0 Å². The quantitative estimate of drug-likeness (QED) is 0.271. The van der Waals surface area contributed by atoms with E-state index in [1.165, 1.54) is 0 Å². The van der Waals surface area contributed by atoms with Gasteiger partial charge in [0.05, 0.1) is 0 Å². The number of ether oxygens (including phenoxy) is 1. The second-order valence-electron chi connectivity index (χ2n) is 4.96. The van der Waals surface area contributed by atoms with Crippen LogP contribution in [0.4, 0.5) is 4.79 Å². The molecule has 0 aromatic rings. The van der Waals surface area contributed by atoms with Crippen LogP contribution in [-0.2, 0) is 4.74 Å². The molecule has 1 heterocycles. The minimum atomic E-state index is -0.984. The van der Waals surface area contributed by atoms with Crippen molar-refractivity contribution in [2.24, 2.45) is 16.8 Å². The third-order valence-electron chi connectivity index (χ3n) is 2.83. The molecule has 3 N–H and O–H groups in total. The van der Waals surface area contributed by atoms with Crippen molar-refractivity contribution in [2.75, 3.05) is 13.1 Å². The highest BCUT2D eigenvalue weighted by Crippen LogP contribution is 2.23. The molecule has 0 aromatic heterocycles. The van der Waals surface area contributed by atoms with Gasteiger partial charge in [0.1, 0.15) is 5.84 Å². The van der Waals surface area contributed by atoms with E-state index in [1.807, 2.05) is 0 Å². The van der Waals surface area contributed by atoms with Gasteiger partial charge in [-0.3, -0.25) is 0 Å². The number of oxime groups is 1. The minimum Gasteiger partial charge on any atom is -0.427 e. The summed E-state index contributed by atoms with van der Waals surface area (Å²) in [6, 6.07) is 0. The van der Waals surface area contributed by atoms with E-state index >= 15 is 0 Å². The van der Waals surface area contributed by atoms with Crippen molar-refractivity contribution in [1.29, 1.82) is 0 Å². The van der Waals surface area contributed by atoms with E-state index in [1.54, 1.807) is 18.7 Å². The number of hydrogen-bond acceptors (Lipinski definition) is 4. The third-order valence-corrected chi connectivity index (χ3v) is 2.91. The zero-order valence-corrected chi connectivity index (χ0v) is 11.5. The van der Waals surface area contributed by atoms with E-state index < -0.39 is 11.2 Å². The van der Waals surface area contributed by atoms with E-state index in [9.17, 15) is 4.79 Å². The standard InChI is InChI=1S/C11H20ClN3O3/c1-11(2,12)18-10(16)15-5-3-8(4-6-15)7-9(13)14-17/h8,17H,3-7H2,1-2H3,(H2,13,14). The van der Waals surface area contributed by atoms with Crippen molar-refractivity contribution in [1.82, 2.24) is 4.90 Å². The minimum absolute atomic E-state index is 0.234. The molecule has 104 valence electrons. The summed E-state index contributed by atoms with van der Waals surface area (Å²) >= 11 is 5.83. The number of rotatable bonds is 3. The van der Waals surface area contributed by atoms with E-state index in [2.05, 4.69) is 5.16 Å². The maximum absolute atomic E-state index is 11.7. The first kappa shape index (κ1) is 14.9. The summed E-state index contributed by atoms with van der Waals surface area (Å²) in [7, 11) is 0. The van der Waals surface area contributed by atoms with Gasteiger partial charge in [-0.05, 0) is 32.6 Å². The number of amides is 1. The fourth-order valence-corrected chi connectivity index (χ4v) is 1.99. The molecule has 0 spiro atoms. The van der Waals surface area contributed by atoms with Gasteiger partial charge in [-0.1, -0.05) is 16.8 Å². The van der Waals surface area contributed by atoms with Crippen LogP contribution in [0.15, 0.2) is 5.16 Å². The number of amidine groups is 1. The predicted molar refractivity (Wildman–Crippen MR) is 68.7 cm³/mol. The van der Waals surface area contributed by atoms with Gasteiger partial charge in [0, 0.05) is 19.5 Å². The number of carbonyl (C=O) groups is 1. The third kappa shape index (κ3) is 5.00. The Morgan fingerprint density at radius 1 is 1.56 bits per heavy atom. The molecule has 0 radical (unpaired) electrons. The predicted octanol–water partition coefficient (Wildman–Crippen LogP) is 1.95. The Kier molecular flexibility index (Phi) is 5.07. The molecule has 1 amide bonds. The molecule has 7 heteroatoms. The number of piperidine rings is 1. The second-order valence-corrected chi connectivity index (χ2v) is 5.87. The molecule has 0 unspecified atom stereocenters. The summed E-state index contributed by atoms with van der Waals surface area (Å²) in [5.41, 5.74) is 5.46. The zero-order valence-electron chi connectivity index (χ0n) is 10.7. The van der Waals surface area contributed by atoms with Gasteiger partial charge >= 0.3 is 6.09 Å². The summed E-state index contributed by atoms with van der Waals surface area (Å²) in [6.07, 6.45) is 1.79. The van der Waals surface area contributed by atoms with Gasteiger partial charge in [-0.25, -0.2) is 4.79 Å². The lowest BCUT2D eigenvalue weighted by molar-refractivity contribution is 0.0492. The Labute approximate surface area is 112 Å². The van der Waals surface area contributed by atoms with Crippen LogP contribution >= 0.6 is 11.6 Å². The second kappa shape index (κ2) is 6.13. The lowest BCUT2D eigenvalue weighted by atomic mass is 9.93. The van der Waals surface area contributed by atoms with Gasteiger partial charge in [-0.15, -0.1) is 0 Å². The van der Waals surface area contributed by atoms with Gasteiger partial charge in [0.25, 0.3) is 0 Å². The van der Waals surface area contributed by atoms with Crippen LogP contribution in [0.1, 0.15) is 33.1 Å². The average molecular weight is 278 g/mol. The topological polar surface area (TPSA) is 88.2 Å². The molecule has 1 aliphatic heterocycles. The Bertz CT molecular complexity index is 320. The molecule has 18 heavy (non-hydrogen) atoms. The summed E-state index contributed by atoms with van der Waals surface area (Å²) in [4.78, 5) is 13.4. The largest absolute Gasteiger partial charge is 0.427 e. The van der Waals surface area contributed by atoms with Crippen molar-refractivity contribution in [3.05, 3.63) is 0 Å². The van der Waals surface area contributed by atoms with Gasteiger partial charge < -0.3 is 20.6 Å². The van der Waals surface area contributed by atoms with Crippen molar-refractivity contribution in [3.63, 3.8) is 0 Å². The van der Waals surface area contributed by atoms with Crippen molar-refractivity contribution in [3.8, 4) is 0 Å². The Hall–Kier alpha value is -1.17. The van der Waals surface area contributed by atoms with Gasteiger partial charge in [0.15, 0.2) is 5.06 Å². The molecule has 1 rings (SSSR count). The first-order valence-corrected chi connectivity index (χ1v) is 6.33. The number of carbonyl (C=O) groups excluding carboxylic acids is 1. The fourth-order valence-electron chi connectivity index (χ4n) is 1.93. The number of likely N-dealkylation sites (tertiary alicyclic amines) is 1. The smallest absolute Gasteiger partial charge is 0.411 e. The monoisotopic (exact) mass is 277 g/mol. The van der Waals surface area contributed by atoms with Gasteiger partial charge in [0.2, 0.25) is 0 Å². The first-order valence-electron chi connectivity index (χ1n) is 5.95. The van der Waals surface area contributed by atoms with Crippen LogP contribution in [0.3, 0.4) is 0 Å². The number of hydrogen-bond donors (Lipinski definition) is 2. The summed E-state index contributed by atoms with van der Waals surface area (Å²) in [5, 5.41) is 10.5. The fraction of sp³-hybridized carbons (Fsp3) is 0.818. The molecule has 6 nitrogen and oxygen atoms in total. The molecule has 0 atom stereocenters. The maximum atomic E-state index is 11.7. The molecule has 1 aliphatic rings. The van der Waals surface area contributed by atoms with Gasteiger partial charge in [-0.2, -0.15) is 0 Å². The van der Waals surface area contributed by atoms with Crippen LogP contribution in [0, 0.1) is 5.92 Å². The van der Waals surface area contributed by atoms with E-state index in [-0.39, 0.29) is 5.84 Å². The van der Waals surface area contributed by atoms with Crippen molar-refractivity contribution in [2.45, 2.75) is 38.2 Å². The summed E-state index contributed by atoms with van der Waals surface area (Å²) in [5.74, 6) is 0.576. The number of alkyl halides is 1. The van der Waals surface area contributed by atoms with Crippen LogP contribution in [-0.4, -0.2) is 40.2 Å². The maximum Gasteiger partial charge on any atom is 0.411 e. The molecule has 0 aromatic carbocycles. The van der Waals surface area contributed by atoms with Crippen LogP contribution in [0.25, 0.3) is 0 Å². The van der Waals surface area contributed by atoms with Crippen LogP contribution in [0.5, 0.6) is 0 Å². The summed E-state index contributed by atoms with van der Waals surface area (Å²) < 4.78 is 5.08. The van der Waals surface area contributed by atoms with E-state index in [0.717, 1.165) is 12.8 Å². The van der Waals surface area contributed by atoms with E-state index in [4.69, 9.17) is 27.3 Å². The molecule has 0 aliphatic carbocycles. The summed E-state index contributed by atoms with van der Waals surface area (Å²) in [6.45, 7) is 4.46. The Morgan fingerprint density at radius 3 is 2.56 bits per heavy atom. The Balaban J connectivity index is 2.37. The van der Waals surface area contributed by atoms with Crippen LogP contribution < -0.4 is 5.73 Å². The van der Waals surface area contributed by atoms with E-state index in [0.29, 0.717) is 25.4 Å². The number of nitrogens with two attached hydrogens (primary N) is 1. The first-order chi connectivity index (χ1) is 8.31. The lowest BCUT2D eigenvalue weighted by Crippen LogP contribution is -2.41. The molecular weight excluding hydrogens is 258 g/mol. The highest BCUT2D eigenvalue weighted by molar-refractivity contribution is 6.22. The highest BCUT2D eigenvalue weighted by Gasteiger charge is 2.28. The van der Waals surface area contributed by atoms with Crippen molar-refractivity contribution >= 4 is 23.5 Å². The molecular formula is C11H20ClN3O3. The SMILES string of the molecule is CC(C)(Cl)OC(=O)N1CCC(C/C(N)=N/O)CC1. The zero-order chi connectivity index (χ0) is 13.8. The number of nitrogens with zero attached hydrogens (tertiary/aromatic N) is 2. The Morgan fingerprint density at radius 2 is 2.11 bits per heavy atom. The average Bonchev–Trinajstić information content (AvgIpc) is 2.27. The molecule has 1 fully saturated rings. The lowest BCUT2D eigenvalue weighted by Gasteiger charge is -2.32. The van der Waals surface area contributed by atoms with Crippen molar-refractivity contribution < 1.29 is 14.7 Å².